The molecule has 0 bridgehead atoms. The number of hydrogen-bond acceptors (Lipinski definition) is 5. The number of nitrogens with two attached hydrogens (primary N) is 1. The summed E-state index contributed by atoms with van der Waals surface area (Å²) in [5.41, 5.74) is 7.78. The number of aliphatic carboxylic acids is 1. The lowest BCUT2D eigenvalue weighted by molar-refractivity contribution is -0.212. The molecule has 3 aromatic carbocycles. The first-order valence-corrected chi connectivity index (χ1v) is 9.74. The molecule has 4 aromatic rings. The molecule has 0 saturated carbocycles. The van der Waals surface area contributed by atoms with Crippen molar-refractivity contribution in [3.63, 3.8) is 0 Å². The first kappa shape index (κ1) is 22.0. The molecule has 1 amide bonds. The van der Waals surface area contributed by atoms with Gasteiger partial charge in [0.2, 0.25) is 5.91 Å². The highest BCUT2D eigenvalue weighted by Crippen LogP contribution is 2.38. The van der Waals surface area contributed by atoms with E-state index in [9.17, 15) is 18.4 Å². The van der Waals surface area contributed by atoms with Crippen molar-refractivity contribution in [2.75, 3.05) is 6.61 Å². The highest BCUT2D eigenvalue weighted by molar-refractivity contribution is 6.19. The van der Waals surface area contributed by atoms with Gasteiger partial charge in [0, 0.05) is 17.5 Å². The van der Waals surface area contributed by atoms with Crippen LogP contribution in [0.1, 0.15) is 15.9 Å². The highest BCUT2D eigenvalue weighted by atomic mass is 19.3. The van der Waals surface area contributed by atoms with E-state index in [0.29, 0.717) is 27.4 Å². The molecule has 1 heterocycles. The molecule has 0 unspecified atom stereocenters. The SMILES string of the molecule is NC(=O)c1cccc2c1c1c(OOCC(=O)O)cccc1n2Cc1cccc(OC(F)F)c1. The number of halogens is 2. The summed E-state index contributed by atoms with van der Waals surface area (Å²) in [5, 5.41) is 9.80. The largest absolute Gasteiger partial charge is 0.479 e. The molecule has 0 atom stereocenters. The molecule has 0 aliphatic rings. The zero-order valence-electron chi connectivity index (χ0n) is 17.0. The van der Waals surface area contributed by atoms with E-state index in [-0.39, 0.29) is 23.6 Å². The number of carbonyl (C=O) groups excluding carboxylic acids is 1. The Kier molecular flexibility index (Phi) is 6.09. The van der Waals surface area contributed by atoms with Crippen LogP contribution in [0.25, 0.3) is 21.8 Å². The zero-order valence-corrected chi connectivity index (χ0v) is 17.0. The number of carboxylic acid groups (broad SMARTS) is 1. The number of aromatic nitrogens is 1. The van der Waals surface area contributed by atoms with Gasteiger partial charge >= 0.3 is 12.6 Å². The molecular weight excluding hydrogens is 438 g/mol. The summed E-state index contributed by atoms with van der Waals surface area (Å²) in [6.45, 7) is -3.38. The number of nitrogens with zero attached hydrogens (tertiary/aromatic N) is 1. The van der Waals surface area contributed by atoms with Crippen LogP contribution in [0.2, 0.25) is 0 Å². The number of primary amides is 1. The number of amides is 1. The molecule has 0 aliphatic heterocycles. The number of rotatable bonds is 9. The van der Waals surface area contributed by atoms with Gasteiger partial charge in [-0.15, -0.1) is 0 Å². The van der Waals surface area contributed by atoms with E-state index in [2.05, 4.69) is 4.74 Å². The van der Waals surface area contributed by atoms with Crippen LogP contribution < -0.4 is 15.4 Å². The van der Waals surface area contributed by atoms with Crippen LogP contribution in [0.4, 0.5) is 8.78 Å². The number of carbonyl (C=O) groups is 2. The van der Waals surface area contributed by atoms with E-state index in [0.717, 1.165) is 0 Å². The quantitative estimate of drug-likeness (QED) is 0.291. The monoisotopic (exact) mass is 456 g/mol. The molecule has 0 saturated heterocycles. The number of carboxylic acids is 1. The van der Waals surface area contributed by atoms with Gasteiger partial charge in [-0.05, 0) is 42.0 Å². The molecule has 0 radical (unpaired) electrons. The molecular formula is C23H18F2N2O6. The van der Waals surface area contributed by atoms with Gasteiger partial charge in [0.05, 0.1) is 16.4 Å². The van der Waals surface area contributed by atoms with E-state index >= 15 is 0 Å². The minimum absolute atomic E-state index is 0.0205. The van der Waals surface area contributed by atoms with Crippen LogP contribution >= 0.6 is 0 Å². The third kappa shape index (κ3) is 4.55. The number of hydrogen-bond donors (Lipinski definition) is 2. The van der Waals surface area contributed by atoms with Gasteiger partial charge in [0.1, 0.15) is 5.75 Å². The van der Waals surface area contributed by atoms with Gasteiger partial charge in [-0.1, -0.05) is 24.3 Å². The van der Waals surface area contributed by atoms with Gasteiger partial charge in [-0.2, -0.15) is 13.7 Å². The predicted molar refractivity (Wildman–Crippen MR) is 114 cm³/mol. The number of fused-ring (bicyclic) bond motifs is 3. The number of ether oxygens (including phenoxy) is 1. The van der Waals surface area contributed by atoms with Crippen molar-refractivity contribution in [3.8, 4) is 11.5 Å². The van der Waals surface area contributed by atoms with Crippen molar-refractivity contribution in [1.29, 1.82) is 0 Å². The zero-order chi connectivity index (χ0) is 23.5. The summed E-state index contributed by atoms with van der Waals surface area (Å²) in [6.07, 6.45) is 0. The maximum absolute atomic E-state index is 12.6. The Bertz CT molecular complexity index is 1350. The maximum Gasteiger partial charge on any atom is 0.387 e. The fourth-order valence-electron chi connectivity index (χ4n) is 3.74. The molecule has 4 rings (SSSR count). The lowest BCUT2D eigenvalue weighted by Gasteiger charge is -2.10. The third-order valence-corrected chi connectivity index (χ3v) is 4.94. The standard InChI is InChI=1S/C23H18F2N2O6/c24-23(25)32-14-5-1-4-13(10-14)11-27-16-7-2-6-15(22(26)30)20(16)21-17(27)8-3-9-18(21)33-31-12-19(28)29/h1-10,23H,11-12H2,(H2,26,30)(H,28,29). The second kappa shape index (κ2) is 9.13. The average molecular weight is 456 g/mol. The second-order valence-corrected chi connectivity index (χ2v) is 7.07. The molecule has 170 valence electrons. The average Bonchev–Trinajstić information content (AvgIpc) is 3.08. The fourth-order valence-corrected chi connectivity index (χ4v) is 3.74. The normalized spacial score (nSPS) is 11.2. The molecule has 1 aromatic heterocycles. The molecule has 0 spiro atoms. The Balaban J connectivity index is 1.88. The van der Waals surface area contributed by atoms with Gasteiger partial charge in [-0.3, -0.25) is 4.79 Å². The van der Waals surface area contributed by atoms with Crippen molar-refractivity contribution in [3.05, 3.63) is 71.8 Å². The first-order valence-electron chi connectivity index (χ1n) is 9.74. The van der Waals surface area contributed by atoms with Crippen molar-refractivity contribution in [2.24, 2.45) is 5.73 Å². The Labute approximate surface area is 185 Å². The third-order valence-electron chi connectivity index (χ3n) is 4.94. The minimum Gasteiger partial charge on any atom is -0.479 e. The van der Waals surface area contributed by atoms with Crippen LogP contribution in [0.3, 0.4) is 0 Å². The Morgan fingerprint density at radius 2 is 1.70 bits per heavy atom. The summed E-state index contributed by atoms with van der Waals surface area (Å²) >= 11 is 0. The molecule has 8 nitrogen and oxygen atoms in total. The smallest absolute Gasteiger partial charge is 0.387 e. The molecule has 0 aliphatic carbocycles. The molecule has 0 fully saturated rings. The first-order chi connectivity index (χ1) is 15.8. The van der Waals surface area contributed by atoms with E-state index in [1.165, 1.54) is 12.1 Å². The summed E-state index contributed by atoms with van der Waals surface area (Å²) in [6, 6.07) is 16.3. The van der Waals surface area contributed by atoms with Gasteiger partial charge in [0.25, 0.3) is 0 Å². The molecule has 10 heteroatoms. The number of benzene rings is 3. The summed E-state index contributed by atoms with van der Waals surface area (Å²) in [7, 11) is 0. The fraction of sp³-hybridized carbons (Fsp3) is 0.130. The Morgan fingerprint density at radius 1 is 1.00 bits per heavy atom. The van der Waals surface area contributed by atoms with Crippen LogP contribution in [0.15, 0.2) is 60.7 Å². The minimum atomic E-state index is -2.95. The van der Waals surface area contributed by atoms with E-state index in [4.69, 9.17) is 20.6 Å². The Hall–Kier alpha value is -4.18. The van der Waals surface area contributed by atoms with Crippen LogP contribution in [-0.2, 0) is 16.2 Å². The predicted octanol–water partition coefficient (Wildman–Crippen LogP) is 3.94. The topological polar surface area (TPSA) is 113 Å². The highest BCUT2D eigenvalue weighted by Gasteiger charge is 2.20. The van der Waals surface area contributed by atoms with E-state index in [1.54, 1.807) is 48.5 Å². The van der Waals surface area contributed by atoms with Gasteiger partial charge < -0.3 is 25.0 Å². The van der Waals surface area contributed by atoms with Crippen LogP contribution in [0.5, 0.6) is 11.5 Å². The van der Waals surface area contributed by atoms with Crippen molar-refractivity contribution < 1.29 is 38.0 Å². The van der Waals surface area contributed by atoms with E-state index < -0.39 is 25.1 Å². The second-order valence-electron chi connectivity index (χ2n) is 7.07. The van der Waals surface area contributed by atoms with Crippen LogP contribution in [-0.4, -0.2) is 34.8 Å². The van der Waals surface area contributed by atoms with Gasteiger partial charge in [-0.25, -0.2) is 4.79 Å². The lowest BCUT2D eigenvalue weighted by Crippen LogP contribution is -2.11. The summed E-state index contributed by atoms with van der Waals surface area (Å²) in [4.78, 5) is 33.0. The maximum atomic E-state index is 12.6. The Morgan fingerprint density at radius 3 is 2.39 bits per heavy atom. The van der Waals surface area contributed by atoms with Crippen molar-refractivity contribution in [2.45, 2.75) is 13.2 Å². The summed E-state index contributed by atoms with van der Waals surface area (Å²) < 4.78 is 31.6. The van der Waals surface area contributed by atoms with Crippen molar-refractivity contribution >= 4 is 33.7 Å². The van der Waals surface area contributed by atoms with E-state index in [1.807, 2.05) is 4.57 Å². The summed E-state index contributed by atoms with van der Waals surface area (Å²) in [5.74, 6) is -1.66. The number of alkyl halides is 2. The van der Waals surface area contributed by atoms with Crippen LogP contribution in [0, 0.1) is 0 Å². The van der Waals surface area contributed by atoms with Crippen molar-refractivity contribution in [1.82, 2.24) is 4.57 Å². The molecule has 3 N–H and O–H groups in total. The van der Waals surface area contributed by atoms with Gasteiger partial charge in [0.15, 0.2) is 12.4 Å². The lowest BCUT2D eigenvalue weighted by atomic mass is 10.1. The molecule has 33 heavy (non-hydrogen) atoms.